The molecule has 1 heterocycles. The van der Waals surface area contributed by atoms with Gasteiger partial charge in [-0.3, -0.25) is 0 Å². The van der Waals surface area contributed by atoms with Crippen LogP contribution in [0.4, 0.5) is 17.1 Å². The summed E-state index contributed by atoms with van der Waals surface area (Å²) in [4.78, 5) is 2.43. The van der Waals surface area contributed by atoms with Crippen LogP contribution in [-0.4, -0.2) is 0 Å². The zero-order valence-electron chi connectivity index (χ0n) is 36.9. The van der Waals surface area contributed by atoms with E-state index in [2.05, 4.69) is 255 Å². The van der Waals surface area contributed by atoms with Crippen LogP contribution in [0, 0.1) is 0 Å². The summed E-state index contributed by atoms with van der Waals surface area (Å²) in [6.07, 6.45) is 0. The molecule has 1 nitrogen and oxygen atoms in total. The van der Waals surface area contributed by atoms with E-state index in [1.807, 2.05) is 11.3 Å². The maximum atomic E-state index is 2.43. The van der Waals surface area contributed by atoms with Crippen molar-refractivity contribution < 1.29 is 0 Å². The third-order valence-electron chi connectivity index (χ3n) is 14.6. The van der Waals surface area contributed by atoms with E-state index in [1.54, 1.807) is 0 Å². The summed E-state index contributed by atoms with van der Waals surface area (Å²) in [5.74, 6) is 0. The van der Waals surface area contributed by atoms with Crippen LogP contribution in [0.2, 0.25) is 0 Å². The highest BCUT2D eigenvalue weighted by Crippen LogP contribution is 2.58. The van der Waals surface area contributed by atoms with Gasteiger partial charge < -0.3 is 4.90 Å². The smallest absolute Gasteiger partial charge is 0.0713 e. The molecule has 0 bridgehead atoms. The van der Waals surface area contributed by atoms with Crippen LogP contribution in [0.3, 0.4) is 0 Å². The molecule has 0 saturated heterocycles. The third kappa shape index (κ3) is 5.71. The molecule has 0 fully saturated rings. The standard InChI is InChI=1S/C64H45NS/c1-63(2)56-24-12-9-20-51(56)52-38-37-49(41-59(52)63)65(47-33-28-42(29-34-47)44-32-39-61-55(40-44)53-21-11-14-27-60(53)66-61)48-35-30-43(31-36-48)50-23-15-26-58-62(50)54-22-10-13-25-57(54)64(58,45-16-5-3-6-17-45)46-18-7-4-8-19-46/h3-41H,1-2H3. The second-order valence-corrected chi connectivity index (χ2v) is 19.5. The van der Waals surface area contributed by atoms with Gasteiger partial charge in [0.2, 0.25) is 0 Å². The first-order valence-corrected chi connectivity index (χ1v) is 23.8. The van der Waals surface area contributed by atoms with Gasteiger partial charge in [-0.1, -0.05) is 196 Å². The van der Waals surface area contributed by atoms with E-state index < -0.39 is 5.41 Å². The molecule has 0 N–H and O–H groups in total. The fourth-order valence-corrected chi connectivity index (χ4v) is 12.6. The Labute approximate surface area is 390 Å². The monoisotopic (exact) mass is 859 g/mol. The number of fused-ring (bicyclic) bond motifs is 9. The lowest BCUT2D eigenvalue weighted by Crippen LogP contribution is -2.28. The van der Waals surface area contributed by atoms with Crippen molar-refractivity contribution in [3.05, 3.63) is 270 Å². The van der Waals surface area contributed by atoms with Crippen molar-refractivity contribution in [1.29, 1.82) is 0 Å². The van der Waals surface area contributed by atoms with E-state index in [4.69, 9.17) is 0 Å². The zero-order chi connectivity index (χ0) is 44.0. The average Bonchev–Trinajstić information content (AvgIpc) is 3.98. The molecule has 2 aliphatic carbocycles. The van der Waals surface area contributed by atoms with Gasteiger partial charge in [0.25, 0.3) is 0 Å². The molecule has 312 valence electrons. The largest absolute Gasteiger partial charge is 0.310 e. The molecule has 0 aliphatic heterocycles. The van der Waals surface area contributed by atoms with Crippen LogP contribution in [0.5, 0.6) is 0 Å². The quantitative estimate of drug-likeness (QED) is 0.154. The van der Waals surface area contributed by atoms with Gasteiger partial charge in [0.15, 0.2) is 0 Å². The van der Waals surface area contributed by atoms with Crippen LogP contribution in [0.15, 0.2) is 237 Å². The van der Waals surface area contributed by atoms with Crippen LogP contribution in [0.25, 0.3) is 64.7 Å². The molecule has 0 atom stereocenters. The summed E-state index contributed by atoms with van der Waals surface area (Å²) in [6.45, 7) is 4.73. The number of hydrogen-bond acceptors (Lipinski definition) is 2. The SMILES string of the molecule is CC1(C)c2ccccc2-c2ccc(N(c3ccc(-c4ccc5sc6ccccc6c5c4)cc3)c3ccc(-c4cccc5c4-c4ccccc4C5(c4ccccc4)c4ccccc4)cc3)cc21. The summed E-state index contributed by atoms with van der Waals surface area (Å²) in [6, 6.07) is 88.2. The van der Waals surface area contributed by atoms with E-state index in [9.17, 15) is 0 Å². The van der Waals surface area contributed by atoms with Gasteiger partial charge in [0.05, 0.1) is 5.41 Å². The fourth-order valence-electron chi connectivity index (χ4n) is 11.5. The minimum Gasteiger partial charge on any atom is -0.310 e. The molecular formula is C64H45NS. The molecule has 11 aromatic rings. The second-order valence-electron chi connectivity index (χ2n) is 18.4. The molecule has 13 rings (SSSR count). The lowest BCUT2D eigenvalue weighted by atomic mass is 9.67. The lowest BCUT2D eigenvalue weighted by molar-refractivity contribution is 0.660. The summed E-state index contributed by atoms with van der Waals surface area (Å²) in [5.41, 5.74) is 20.8. The average molecular weight is 860 g/mol. The van der Waals surface area contributed by atoms with Crippen molar-refractivity contribution in [2.24, 2.45) is 0 Å². The van der Waals surface area contributed by atoms with Crippen molar-refractivity contribution in [1.82, 2.24) is 0 Å². The van der Waals surface area contributed by atoms with E-state index in [-0.39, 0.29) is 5.41 Å². The molecule has 0 spiro atoms. The number of thiophene rings is 1. The molecule has 10 aromatic carbocycles. The van der Waals surface area contributed by atoms with Crippen molar-refractivity contribution in [2.75, 3.05) is 4.90 Å². The zero-order valence-corrected chi connectivity index (χ0v) is 37.7. The number of benzene rings is 10. The molecule has 2 heteroatoms. The van der Waals surface area contributed by atoms with Crippen LogP contribution in [0.1, 0.15) is 47.2 Å². The Balaban J connectivity index is 0.941. The highest BCUT2D eigenvalue weighted by Gasteiger charge is 2.46. The highest BCUT2D eigenvalue weighted by molar-refractivity contribution is 7.25. The molecular weight excluding hydrogens is 815 g/mol. The van der Waals surface area contributed by atoms with E-state index in [1.165, 1.54) is 98.1 Å². The Morgan fingerprint density at radius 3 is 1.59 bits per heavy atom. The second kappa shape index (κ2) is 14.9. The molecule has 0 amide bonds. The van der Waals surface area contributed by atoms with Gasteiger partial charge in [0, 0.05) is 42.6 Å². The molecule has 0 unspecified atom stereocenters. The van der Waals surface area contributed by atoms with Gasteiger partial charge >= 0.3 is 0 Å². The molecule has 0 radical (unpaired) electrons. The minimum atomic E-state index is -0.447. The maximum absolute atomic E-state index is 2.43. The third-order valence-corrected chi connectivity index (χ3v) is 15.7. The highest BCUT2D eigenvalue weighted by atomic mass is 32.1. The summed E-state index contributed by atoms with van der Waals surface area (Å²) in [5, 5.41) is 2.64. The van der Waals surface area contributed by atoms with Gasteiger partial charge in [-0.2, -0.15) is 0 Å². The topological polar surface area (TPSA) is 3.24 Å². The number of nitrogens with zero attached hydrogens (tertiary/aromatic N) is 1. The van der Waals surface area contributed by atoms with Gasteiger partial charge in [-0.05, 0) is 132 Å². The van der Waals surface area contributed by atoms with Gasteiger partial charge in [-0.15, -0.1) is 11.3 Å². The van der Waals surface area contributed by atoms with E-state index >= 15 is 0 Å². The van der Waals surface area contributed by atoms with E-state index in [0.29, 0.717) is 0 Å². The number of rotatable bonds is 7. The predicted octanol–water partition coefficient (Wildman–Crippen LogP) is 17.5. The van der Waals surface area contributed by atoms with Crippen LogP contribution >= 0.6 is 11.3 Å². The normalized spacial score (nSPS) is 13.8. The Morgan fingerprint density at radius 2 is 0.864 bits per heavy atom. The summed E-state index contributed by atoms with van der Waals surface area (Å²) < 4.78 is 2.65. The molecule has 1 aromatic heterocycles. The van der Waals surface area contributed by atoms with Crippen LogP contribution in [-0.2, 0) is 10.8 Å². The summed E-state index contributed by atoms with van der Waals surface area (Å²) >= 11 is 1.86. The Morgan fingerprint density at radius 1 is 0.333 bits per heavy atom. The first kappa shape index (κ1) is 38.7. The number of hydrogen-bond donors (Lipinski definition) is 0. The minimum absolute atomic E-state index is 0.121. The van der Waals surface area contributed by atoms with Crippen molar-refractivity contribution >= 4 is 48.6 Å². The van der Waals surface area contributed by atoms with Crippen molar-refractivity contribution in [3.63, 3.8) is 0 Å². The van der Waals surface area contributed by atoms with Gasteiger partial charge in [-0.25, -0.2) is 0 Å². The van der Waals surface area contributed by atoms with Crippen LogP contribution < -0.4 is 4.90 Å². The molecule has 2 aliphatic rings. The Kier molecular flexibility index (Phi) is 8.72. The predicted molar refractivity (Wildman–Crippen MR) is 280 cm³/mol. The first-order valence-electron chi connectivity index (χ1n) is 23.0. The molecule has 66 heavy (non-hydrogen) atoms. The van der Waals surface area contributed by atoms with Crippen molar-refractivity contribution in [3.8, 4) is 44.5 Å². The number of anilines is 3. The lowest BCUT2D eigenvalue weighted by Gasteiger charge is -2.34. The van der Waals surface area contributed by atoms with Crippen molar-refractivity contribution in [2.45, 2.75) is 24.7 Å². The van der Waals surface area contributed by atoms with Gasteiger partial charge in [0.1, 0.15) is 0 Å². The Bertz CT molecular complexity index is 3620. The maximum Gasteiger partial charge on any atom is 0.0713 e. The van der Waals surface area contributed by atoms with E-state index in [0.717, 1.165) is 17.1 Å². The first-order chi connectivity index (χ1) is 32.5. The Hall–Kier alpha value is -7.78. The fraction of sp³-hybridized carbons (Fsp3) is 0.0625. The molecule has 0 saturated carbocycles. The summed E-state index contributed by atoms with van der Waals surface area (Å²) in [7, 11) is 0.